The maximum atomic E-state index is 6.35. The highest BCUT2D eigenvalue weighted by Crippen LogP contribution is 2.56. The number of hydrogen-bond acceptors (Lipinski definition) is 2. The quantitative estimate of drug-likeness (QED) is 0.169. The minimum atomic E-state index is -0.523. The highest BCUT2D eigenvalue weighted by Gasteiger charge is 2.46. The summed E-state index contributed by atoms with van der Waals surface area (Å²) in [6.07, 6.45) is 0. The molecule has 3 heteroatoms. The molecule has 0 aliphatic heterocycles. The van der Waals surface area contributed by atoms with Crippen LogP contribution >= 0.6 is 0 Å². The van der Waals surface area contributed by atoms with E-state index in [-0.39, 0.29) is 0 Å². The van der Waals surface area contributed by atoms with Gasteiger partial charge in [0.2, 0.25) is 0 Å². The van der Waals surface area contributed by atoms with Gasteiger partial charge in [0.25, 0.3) is 0 Å². The summed E-state index contributed by atoms with van der Waals surface area (Å²) < 4.78 is 8.74. The van der Waals surface area contributed by atoms with Gasteiger partial charge in [-0.2, -0.15) is 0 Å². The summed E-state index contributed by atoms with van der Waals surface area (Å²) in [7, 11) is 0. The summed E-state index contributed by atoms with van der Waals surface area (Å²) in [6.45, 7) is 0. The molecule has 0 fully saturated rings. The smallest absolute Gasteiger partial charge is 0.135 e. The molecule has 3 nitrogen and oxygen atoms in total. The van der Waals surface area contributed by atoms with Gasteiger partial charge in [-0.15, -0.1) is 0 Å². The van der Waals surface area contributed by atoms with Crippen LogP contribution in [0.25, 0.3) is 60.6 Å². The molecule has 0 amide bonds. The molecule has 58 heavy (non-hydrogen) atoms. The SMILES string of the molecule is c1ccc(-n2c3ccccc3c3ccc(N(c4cccc(C5(c6ccccc6)c6ccccc6-c6ccccc65)c4)c4ccc5oc6ccccc6c5c4)cc32)cc1. The number of rotatable bonds is 6. The number of nitrogens with zero attached hydrogens (tertiary/aromatic N) is 2. The Hall–Kier alpha value is -7.62. The number of furan rings is 1. The fourth-order valence-corrected chi connectivity index (χ4v) is 9.84. The van der Waals surface area contributed by atoms with Gasteiger partial charge in [-0.25, -0.2) is 0 Å². The van der Waals surface area contributed by atoms with Crippen LogP contribution in [0.4, 0.5) is 17.1 Å². The molecule has 0 bridgehead atoms. The maximum Gasteiger partial charge on any atom is 0.135 e. The van der Waals surface area contributed by atoms with Crippen LogP contribution in [-0.2, 0) is 5.41 Å². The normalized spacial score (nSPS) is 13.0. The molecule has 2 aromatic heterocycles. The fraction of sp³-hybridized carbons (Fsp3) is 0.0182. The van der Waals surface area contributed by atoms with Crippen molar-refractivity contribution in [3.8, 4) is 16.8 Å². The average Bonchev–Trinajstić information content (AvgIpc) is 3.93. The van der Waals surface area contributed by atoms with Crippen LogP contribution in [0.2, 0.25) is 0 Å². The average molecular weight is 741 g/mol. The van der Waals surface area contributed by atoms with Gasteiger partial charge >= 0.3 is 0 Å². The highest BCUT2D eigenvalue weighted by atomic mass is 16.3. The standard InChI is InChI=1S/C55H36N2O/c1-3-16-37(17-4-1)55(49-26-11-7-22-43(49)44-23-8-12-27-50(44)55)38-18-15-21-40(34-38)56(41-31-33-54-48(35-41)47-25-10-14-29-53(47)58-54)42-30-32-46-45-24-9-13-28-51(45)57(52(46)36-42)39-19-5-2-6-20-39/h1-36H. The molecule has 12 rings (SSSR count). The molecule has 0 atom stereocenters. The summed E-state index contributed by atoms with van der Waals surface area (Å²) in [5, 5.41) is 4.65. The van der Waals surface area contributed by atoms with Crippen molar-refractivity contribution in [2.75, 3.05) is 4.90 Å². The van der Waals surface area contributed by atoms with Crippen molar-refractivity contribution in [3.05, 3.63) is 241 Å². The summed E-state index contributed by atoms with van der Waals surface area (Å²) >= 11 is 0. The molecule has 0 saturated heterocycles. The van der Waals surface area contributed by atoms with Gasteiger partial charge in [-0.1, -0.05) is 152 Å². The zero-order chi connectivity index (χ0) is 38.2. The van der Waals surface area contributed by atoms with Crippen molar-refractivity contribution in [3.63, 3.8) is 0 Å². The topological polar surface area (TPSA) is 21.3 Å². The molecule has 0 unspecified atom stereocenters. The van der Waals surface area contributed by atoms with Crippen LogP contribution in [0.1, 0.15) is 22.3 Å². The van der Waals surface area contributed by atoms with E-state index in [4.69, 9.17) is 4.42 Å². The lowest BCUT2D eigenvalue weighted by Crippen LogP contribution is -2.28. The summed E-state index contributed by atoms with van der Waals surface area (Å²) in [5.74, 6) is 0. The predicted octanol–water partition coefficient (Wildman–Crippen LogP) is 14.5. The van der Waals surface area contributed by atoms with Gasteiger partial charge < -0.3 is 13.9 Å². The number of aromatic nitrogens is 1. The third-order valence-corrected chi connectivity index (χ3v) is 12.2. The lowest BCUT2D eigenvalue weighted by atomic mass is 9.67. The first-order valence-corrected chi connectivity index (χ1v) is 19.9. The molecule has 0 radical (unpaired) electrons. The zero-order valence-corrected chi connectivity index (χ0v) is 31.6. The van der Waals surface area contributed by atoms with Crippen molar-refractivity contribution in [1.29, 1.82) is 0 Å². The van der Waals surface area contributed by atoms with Gasteiger partial charge in [-0.3, -0.25) is 0 Å². The Morgan fingerprint density at radius 1 is 0.362 bits per heavy atom. The van der Waals surface area contributed by atoms with E-state index in [9.17, 15) is 0 Å². The number of benzene rings is 9. The van der Waals surface area contributed by atoms with Crippen molar-refractivity contribution < 1.29 is 4.42 Å². The van der Waals surface area contributed by atoms with Crippen molar-refractivity contribution >= 4 is 60.8 Å². The Morgan fingerprint density at radius 3 is 1.72 bits per heavy atom. The molecule has 0 spiro atoms. The molecule has 9 aromatic carbocycles. The molecule has 2 heterocycles. The van der Waals surface area contributed by atoms with E-state index >= 15 is 0 Å². The van der Waals surface area contributed by atoms with E-state index in [0.29, 0.717) is 0 Å². The first kappa shape index (κ1) is 32.6. The number of para-hydroxylation sites is 3. The van der Waals surface area contributed by atoms with Gasteiger partial charge in [0.1, 0.15) is 11.2 Å². The number of anilines is 3. The molecule has 272 valence electrons. The Morgan fingerprint density at radius 2 is 0.931 bits per heavy atom. The fourth-order valence-electron chi connectivity index (χ4n) is 9.84. The first-order chi connectivity index (χ1) is 28.8. The van der Waals surface area contributed by atoms with E-state index in [2.05, 4.69) is 216 Å². The predicted molar refractivity (Wildman–Crippen MR) is 240 cm³/mol. The second kappa shape index (κ2) is 12.7. The van der Waals surface area contributed by atoms with Crippen LogP contribution in [0.3, 0.4) is 0 Å². The third-order valence-electron chi connectivity index (χ3n) is 12.2. The molecular formula is C55H36N2O. The van der Waals surface area contributed by atoms with Crippen LogP contribution in [0.5, 0.6) is 0 Å². The van der Waals surface area contributed by atoms with Crippen LogP contribution in [0, 0.1) is 0 Å². The summed E-state index contributed by atoms with van der Waals surface area (Å²) in [6, 6.07) is 79.4. The molecule has 0 N–H and O–H groups in total. The first-order valence-electron chi connectivity index (χ1n) is 19.9. The Bertz CT molecular complexity index is 3310. The van der Waals surface area contributed by atoms with E-state index in [1.54, 1.807) is 0 Å². The number of hydrogen-bond donors (Lipinski definition) is 0. The van der Waals surface area contributed by atoms with Crippen molar-refractivity contribution in [1.82, 2.24) is 4.57 Å². The van der Waals surface area contributed by atoms with Gasteiger partial charge in [0.05, 0.1) is 16.4 Å². The molecular weight excluding hydrogens is 705 g/mol. The van der Waals surface area contributed by atoms with Crippen LogP contribution in [-0.4, -0.2) is 4.57 Å². The summed E-state index contributed by atoms with van der Waals surface area (Å²) in [4.78, 5) is 2.42. The third kappa shape index (κ3) is 4.68. The highest BCUT2D eigenvalue weighted by molar-refractivity contribution is 6.11. The zero-order valence-electron chi connectivity index (χ0n) is 31.6. The van der Waals surface area contributed by atoms with Crippen LogP contribution < -0.4 is 4.90 Å². The Balaban J connectivity index is 1.14. The molecule has 1 aliphatic carbocycles. The van der Waals surface area contributed by atoms with E-state index in [1.807, 2.05) is 12.1 Å². The molecule has 11 aromatic rings. The van der Waals surface area contributed by atoms with E-state index in [0.717, 1.165) is 50.2 Å². The van der Waals surface area contributed by atoms with Crippen molar-refractivity contribution in [2.45, 2.75) is 5.41 Å². The Kier molecular flexibility index (Phi) is 7.14. The van der Waals surface area contributed by atoms with E-state index < -0.39 is 5.41 Å². The largest absolute Gasteiger partial charge is 0.456 e. The van der Waals surface area contributed by atoms with Gasteiger partial charge in [0.15, 0.2) is 0 Å². The van der Waals surface area contributed by atoms with Gasteiger partial charge in [-0.05, 0) is 100 Å². The maximum absolute atomic E-state index is 6.35. The van der Waals surface area contributed by atoms with Gasteiger partial charge in [0, 0.05) is 44.3 Å². The molecule has 0 saturated carbocycles. The lowest BCUT2D eigenvalue weighted by molar-refractivity contribution is 0.669. The Labute approximate surface area is 336 Å². The molecule has 1 aliphatic rings. The second-order valence-electron chi connectivity index (χ2n) is 15.3. The van der Waals surface area contributed by atoms with E-state index in [1.165, 1.54) is 49.7 Å². The number of fused-ring (bicyclic) bond motifs is 9. The minimum Gasteiger partial charge on any atom is -0.456 e. The minimum absolute atomic E-state index is 0.523. The monoisotopic (exact) mass is 740 g/mol. The second-order valence-corrected chi connectivity index (χ2v) is 15.3. The van der Waals surface area contributed by atoms with Crippen molar-refractivity contribution in [2.24, 2.45) is 0 Å². The lowest BCUT2D eigenvalue weighted by Gasteiger charge is -2.35. The summed E-state index contributed by atoms with van der Waals surface area (Å²) in [5.41, 5.74) is 15.5. The van der Waals surface area contributed by atoms with Crippen LogP contribution in [0.15, 0.2) is 223 Å².